The van der Waals surface area contributed by atoms with Gasteiger partial charge in [-0.2, -0.15) is 0 Å². The van der Waals surface area contributed by atoms with E-state index in [2.05, 4.69) is 37.5 Å². The Bertz CT molecular complexity index is 1060. The molecule has 2 aromatic carbocycles. The lowest BCUT2D eigenvalue weighted by atomic mass is 9.99. The molecule has 1 aliphatic heterocycles. The number of hydrogen-bond donors (Lipinski definition) is 0. The third kappa shape index (κ3) is 3.35. The molecule has 0 N–H and O–H groups in total. The van der Waals surface area contributed by atoms with E-state index in [9.17, 15) is 4.79 Å². The molecule has 6 heteroatoms. The van der Waals surface area contributed by atoms with Gasteiger partial charge in [0.2, 0.25) is 0 Å². The SMILES string of the molecule is COc1cc2c(cc1OC)CN(Cn1ccc(=O)c3cccc(Br)c31)CC2. The first-order valence-corrected chi connectivity index (χ1v) is 9.64. The lowest BCUT2D eigenvalue weighted by Crippen LogP contribution is -2.32. The van der Waals surface area contributed by atoms with Gasteiger partial charge in [0, 0.05) is 35.2 Å². The highest BCUT2D eigenvalue weighted by Crippen LogP contribution is 2.33. The largest absolute Gasteiger partial charge is 0.493 e. The lowest BCUT2D eigenvalue weighted by molar-refractivity contribution is 0.202. The quantitative estimate of drug-likeness (QED) is 0.633. The van der Waals surface area contributed by atoms with E-state index in [1.807, 2.05) is 24.4 Å². The summed E-state index contributed by atoms with van der Waals surface area (Å²) in [6.45, 7) is 2.49. The molecule has 0 saturated heterocycles. The second-order valence-electron chi connectivity index (χ2n) is 6.71. The summed E-state index contributed by atoms with van der Waals surface area (Å²) >= 11 is 3.60. The van der Waals surface area contributed by atoms with Crippen molar-refractivity contribution in [3.05, 3.63) is 68.4 Å². The number of hydrogen-bond acceptors (Lipinski definition) is 4. The minimum atomic E-state index is 0.0448. The molecular formula is C21H21BrN2O3. The molecule has 0 saturated carbocycles. The van der Waals surface area contributed by atoms with Crippen LogP contribution in [0.1, 0.15) is 11.1 Å². The summed E-state index contributed by atoms with van der Waals surface area (Å²) in [6, 6.07) is 11.5. The summed E-state index contributed by atoms with van der Waals surface area (Å²) in [5.74, 6) is 1.54. The third-order valence-electron chi connectivity index (χ3n) is 5.09. The summed E-state index contributed by atoms with van der Waals surface area (Å²) in [5.41, 5.74) is 3.53. The topological polar surface area (TPSA) is 43.7 Å². The molecule has 1 aromatic heterocycles. The maximum atomic E-state index is 12.2. The standard InChI is InChI=1S/C21H21BrN2O3/c1-26-19-10-14-6-8-23(12-15(14)11-20(19)27-2)13-24-9-7-18(25)16-4-3-5-17(22)21(16)24/h3-5,7,9-11H,6,8,12-13H2,1-2H3. The average molecular weight is 429 g/mol. The molecule has 0 fully saturated rings. The summed E-state index contributed by atoms with van der Waals surface area (Å²) in [4.78, 5) is 14.6. The van der Waals surface area contributed by atoms with Crippen LogP contribution >= 0.6 is 15.9 Å². The van der Waals surface area contributed by atoms with Crippen LogP contribution in [0.5, 0.6) is 11.5 Å². The number of methoxy groups -OCH3 is 2. The Morgan fingerprint density at radius 3 is 2.56 bits per heavy atom. The van der Waals surface area contributed by atoms with Gasteiger partial charge in [0.15, 0.2) is 16.9 Å². The zero-order valence-corrected chi connectivity index (χ0v) is 17.0. The lowest BCUT2D eigenvalue weighted by Gasteiger charge is -2.30. The minimum Gasteiger partial charge on any atom is -0.493 e. The Labute approximate surface area is 166 Å². The van der Waals surface area contributed by atoms with E-state index in [-0.39, 0.29) is 5.43 Å². The fraction of sp³-hybridized carbons (Fsp3) is 0.286. The number of halogens is 1. The number of fused-ring (bicyclic) bond motifs is 2. The van der Waals surface area contributed by atoms with Crippen LogP contribution in [0.2, 0.25) is 0 Å². The zero-order valence-electron chi connectivity index (χ0n) is 15.4. The van der Waals surface area contributed by atoms with E-state index in [1.54, 1.807) is 20.3 Å². The first-order chi connectivity index (χ1) is 13.1. The van der Waals surface area contributed by atoms with Crippen molar-refractivity contribution >= 4 is 26.8 Å². The van der Waals surface area contributed by atoms with Crippen molar-refractivity contribution in [2.24, 2.45) is 0 Å². The van der Waals surface area contributed by atoms with Gasteiger partial charge in [0.1, 0.15) is 0 Å². The highest BCUT2D eigenvalue weighted by molar-refractivity contribution is 9.10. The number of nitrogens with zero attached hydrogens (tertiary/aromatic N) is 2. The minimum absolute atomic E-state index is 0.0448. The number of benzene rings is 2. The van der Waals surface area contributed by atoms with Crippen LogP contribution in [-0.2, 0) is 19.6 Å². The molecule has 0 bridgehead atoms. The molecule has 4 rings (SSSR count). The van der Waals surface area contributed by atoms with Crippen molar-refractivity contribution in [3.63, 3.8) is 0 Å². The van der Waals surface area contributed by atoms with Gasteiger partial charge in [-0.1, -0.05) is 6.07 Å². The zero-order chi connectivity index (χ0) is 19.0. The molecule has 2 heterocycles. The molecule has 0 spiro atoms. The fourth-order valence-corrected chi connectivity index (χ4v) is 4.32. The Morgan fingerprint density at radius 2 is 1.81 bits per heavy atom. The predicted octanol–water partition coefficient (Wildman–Crippen LogP) is 3.80. The van der Waals surface area contributed by atoms with Crippen LogP contribution in [0.3, 0.4) is 0 Å². The van der Waals surface area contributed by atoms with Crippen LogP contribution in [0.4, 0.5) is 0 Å². The maximum Gasteiger partial charge on any atom is 0.189 e. The molecule has 0 radical (unpaired) electrons. The number of pyridine rings is 1. The molecular weight excluding hydrogens is 408 g/mol. The Hall–Kier alpha value is -2.31. The smallest absolute Gasteiger partial charge is 0.189 e. The van der Waals surface area contributed by atoms with Crippen molar-refractivity contribution < 1.29 is 9.47 Å². The van der Waals surface area contributed by atoms with E-state index in [4.69, 9.17) is 9.47 Å². The summed E-state index contributed by atoms with van der Waals surface area (Å²) in [6.07, 6.45) is 2.83. The van der Waals surface area contributed by atoms with Gasteiger partial charge in [-0.25, -0.2) is 0 Å². The van der Waals surface area contributed by atoms with Crippen molar-refractivity contribution in [1.82, 2.24) is 9.47 Å². The Balaban J connectivity index is 1.65. The second kappa shape index (κ2) is 7.37. The van der Waals surface area contributed by atoms with E-state index >= 15 is 0 Å². The Kier molecular flexibility index (Phi) is 4.93. The number of ether oxygens (including phenoxy) is 2. The summed E-state index contributed by atoms with van der Waals surface area (Å²) in [5, 5.41) is 0.732. The third-order valence-corrected chi connectivity index (χ3v) is 5.73. The van der Waals surface area contributed by atoms with Crippen molar-refractivity contribution in [2.45, 2.75) is 19.6 Å². The van der Waals surface area contributed by atoms with Crippen LogP contribution in [0.15, 0.2) is 51.9 Å². The van der Waals surface area contributed by atoms with Gasteiger partial charge in [0.25, 0.3) is 0 Å². The van der Waals surface area contributed by atoms with Gasteiger partial charge in [-0.3, -0.25) is 9.69 Å². The number of aromatic nitrogens is 1. The first kappa shape index (κ1) is 18.1. The molecule has 0 atom stereocenters. The van der Waals surface area contributed by atoms with E-state index < -0.39 is 0 Å². The molecule has 3 aromatic rings. The van der Waals surface area contributed by atoms with E-state index in [0.29, 0.717) is 6.67 Å². The highest BCUT2D eigenvalue weighted by Gasteiger charge is 2.20. The molecule has 0 amide bonds. The van der Waals surface area contributed by atoms with Gasteiger partial charge in [-0.15, -0.1) is 0 Å². The van der Waals surface area contributed by atoms with Crippen LogP contribution < -0.4 is 14.9 Å². The van der Waals surface area contributed by atoms with Gasteiger partial charge in [0.05, 0.1) is 26.4 Å². The van der Waals surface area contributed by atoms with Crippen molar-refractivity contribution in [3.8, 4) is 11.5 Å². The molecule has 0 unspecified atom stereocenters. The molecule has 140 valence electrons. The van der Waals surface area contributed by atoms with Gasteiger partial charge in [-0.05, 0) is 57.7 Å². The number of rotatable bonds is 4. The monoisotopic (exact) mass is 428 g/mol. The second-order valence-corrected chi connectivity index (χ2v) is 7.56. The van der Waals surface area contributed by atoms with Gasteiger partial charge < -0.3 is 14.0 Å². The molecule has 0 aliphatic carbocycles. The predicted molar refractivity (Wildman–Crippen MR) is 110 cm³/mol. The first-order valence-electron chi connectivity index (χ1n) is 8.84. The van der Waals surface area contributed by atoms with Crippen LogP contribution in [-0.4, -0.2) is 30.2 Å². The fourth-order valence-electron chi connectivity index (χ4n) is 3.72. The van der Waals surface area contributed by atoms with Crippen molar-refractivity contribution in [1.29, 1.82) is 0 Å². The van der Waals surface area contributed by atoms with E-state index in [1.165, 1.54) is 11.1 Å². The van der Waals surface area contributed by atoms with Crippen LogP contribution in [0, 0.1) is 0 Å². The summed E-state index contributed by atoms with van der Waals surface area (Å²) < 4.78 is 13.9. The maximum absolute atomic E-state index is 12.2. The van der Waals surface area contributed by atoms with Crippen molar-refractivity contribution in [2.75, 3.05) is 20.8 Å². The summed E-state index contributed by atoms with van der Waals surface area (Å²) in [7, 11) is 3.33. The van der Waals surface area contributed by atoms with Gasteiger partial charge >= 0.3 is 0 Å². The number of para-hydroxylation sites is 1. The van der Waals surface area contributed by atoms with Crippen LogP contribution in [0.25, 0.3) is 10.9 Å². The average Bonchev–Trinajstić information content (AvgIpc) is 2.69. The van der Waals surface area contributed by atoms with E-state index in [0.717, 1.165) is 46.4 Å². The molecule has 1 aliphatic rings. The Morgan fingerprint density at radius 1 is 1.07 bits per heavy atom. The normalized spacial score (nSPS) is 14.2. The highest BCUT2D eigenvalue weighted by atomic mass is 79.9. The molecule has 27 heavy (non-hydrogen) atoms. The molecule has 5 nitrogen and oxygen atoms in total.